The normalized spacial score (nSPS) is 10.6. The predicted molar refractivity (Wildman–Crippen MR) is 115 cm³/mol. The van der Waals surface area contributed by atoms with Gasteiger partial charge in [0.15, 0.2) is 6.61 Å². The molecule has 2 aromatic carbocycles. The second kappa shape index (κ2) is 10.5. The van der Waals surface area contributed by atoms with E-state index in [2.05, 4.69) is 25.2 Å². The lowest BCUT2D eigenvalue weighted by Crippen LogP contribution is -2.40. The van der Waals surface area contributed by atoms with Gasteiger partial charge in [-0.25, -0.2) is 0 Å². The molecular weight excluding hydrogens is 368 g/mol. The Hall–Kier alpha value is -3.02. The van der Waals surface area contributed by atoms with Gasteiger partial charge in [-0.15, -0.1) is 0 Å². The standard InChI is InChI=1S/C23H30N2O4/c1-6-25(14-22(26)24-19-9-7-8-10-20(19)28-5)23(27)15-29-21-13-18(16(2)3)12-11-17(21)4/h7-13,16H,6,14-15H2,1-5H3,(H,24,26). The molecule has 0 heterocycles. The zero-order chi connectivity index (χ0) is 21.4. The number of hydrogen-bond acceptors (Lipinski definition) is 4. The van der Waals surface area contributed by atoms with E-state index < -0.39 is 0 Å². The van der Waals surface area contributed by atoms with Gasteiger partial charge in [0, 0.05) is 6.54 Å². The lowest BCUT2D eigenvalue weighted by molar-refractivity contribution is -0.136. The number of anilines is 1. The zero-order valence-electron chi connectivity index (χ0n) is 17.8. The molecular formula is C23H30N2O4. The molecule has 2 amide bonds. The number of nitrogens with zero attached hydrogens (tertiary/aromatic N) is 1. The molecule has 2 rings (SSSR count). The number of ether oxygens (including phenoxy) is 2. The molecule has 156 valence electrons. The van der Waals surface area contributed by atoms with Gasteiger partial charge in [-0.1, -0.05) is 38.1 Å². The second-order valence-corrected chi connectivity index (χ2v) is 7.12. The number of carbonyl (C=O) groups is 2. The highest BCUT2D eigenvalue weighted by Gasteiger charge is 2.18. The minimum absolute atomic E-state index is 0.0538. The van der Waals surface area contributed by atoms with Crippen LogP contribution in [0, 0.1) is 6.92 Å². The summed E-state index contributed by atoms with van der Waals surface area (Å²) >= 11 is 0. The molecule has 0 aliphatic carbocycles. The summed E-state index contributed by atoms with van der Waals surface area (Å²) in [6.07, 6.45) is 0. The highest BCUT2D eigenvalue weighted by Crippen LogP contribution is 2.25. The van der Waals surface area contributed by atoms with Crippen molar-refractivity contribution in [2.24, 2.45) is 0 Å². The van der Waals surface area contributed by atoms with Gasteiger partial charge >= 0.3 is 0 Å². The number of para-hydroxylation sites is 2. The quantitative estimate of drug-likeness (QED) is 0.693. The summed E-state index contributed by atoms with van der Waals surface area (Å²) in [7, 11) is 1.54. The van der Waals surface area contributed by atoms with E-state index in [0.29, 0.717) is 29.6 Å². The Morgan fingerprint density at radius 1 is 1.10 bits per heavy atom. The summed E-state index contributed by atoms with van der Waals surface area (Å²) in [5.41, 5.74) is 2.70. The Kier molecular flexibility index (Phi) is 8.07. The van der Waals surface area contributed by atoms with E-state index in [4.69, 9.17) is 9.47 Å². The number of nitrogens with one attached hydrogen (secondary N) is 1. The van der Waals surface area contributed by atoms with Crippen LogP contribution in [0.15, 0.2) is 42.5 Å². The summed E-state index contributed by atoms with van der Waals surface area (Å²) in [6, 6.07) is 13.2. The number of aryl methyl sites for hydroxylation is 1. The molecule has 0 aliphatic rings. The molecule has 0 fully saturated rings. The van der Waals surface area contributed by atoms with Gasteiger partial charge in [0.1, 0.15) is 11.5 Å². The first-order chi connectivity index (χ1) is 13.8. The van der Waals surface area contributed by atoms with Crippen LogP contribution in [0.4, 0.5) is 5.69 Å². The average Bonchev–Trinajstić information content (AvgIpc) is 2.71. The number of likely N-dealkylation sites (N-methyl/N-ethyl adjacent to an activating group) is 1. The van der Waals surface area contributed by atoms with Crippen LogP contribution >= 0.6 is 0 Å². The molecule has 0 spiro atoms. The summed E-state index contributed by atoms with van der Waals surface area (Å²) in [5.74, 6) is 1.11. The van der Waals surface area contributed by atoms with Crippen LogP contribution in [0.2, 0.25) is 0 Å². The van der Waals surface area contributed by atoms with Gasteiger partial charge in [0.25, 0.3) is 5.91 Å². The van der Waals surface area contributed by atoms with Crippen LogP contribution in [0.3, 0.4) is 0 Å². The minimum Gasteiger partial charge on any atom is -0.495 e. The fraction of sp³-hybridized carbons (Fsp3) is 0.391. The Balaban J connectivity index is 1.96. The number of amides is 2. The van der Waals surface area contributed by atoms with Crippen molar-refractivity contribution in [1.82, 2.24) is 4.90 Å². The number of benzene rings is 2. The van der Waals surface area contributed by atoms with Crippen molar-refractivity contribution in [3.8, 4) is 11.5 Å². The maximum atomic E-state index is 12.6. The minimum atomic E-state index is -0.289. The Labute approximate surface area is 172 Å². The number of hydrogen-bond donors (Lipinski definition) is 1. The lowest BCUT2D eigenvalue weighted by atomic mass is 10.0. The van der Waals surface area contributed by atoms with Crippen LogP contribution < -0.4 is 14.8 Å². The molecule has 29 heavy (non-hydrogen) atoms. The van der Waals surface area contributed by atoms with Gasteiger partial charge in [-0.05, 0) is 49.1 Å². The van der Waals surface area contributed by atoms with Crippen molar-refractivity contribution in [2.45, 2.75) is 33.6 Å². The molecule has 0 saturated carbocycles. The molecule has 6 heteroatoms. The van der Waals surface area contributed by atoms with E-state index in [1.807, 2.05) is 38.1 Å². The van der Waals surface area contributed by atoms with E-state index in [1.54, 1.807) is 19.2 Å². The number of carbonyl (C=O) groups excluding carboxylic acids is 2. The molecule has 0 saturated heterocycles. The third kappa shape index (κ3) is 6.24. The number of rotatable bonds is 9. The van der Waals surface area contributed by atoms with Crippen LogP contribution in [0.1, 0.15) is 37.8 Å². The smallest absolute Gasteiger partial charge is 0.260 e. The van der Waals surface area contributed by atoms with E-state index >= 15 is 0 Å². The topological polar surface area (TPSA) is 67.9 Å². The Morgan fingerprint density at radius 3 is 2.48 bits per heavy atom. The molecule has 0 aliphatic heterocycles. The van der Waals surface area contributed by atoms with Gasteiger partial charge in [-0.3, -0.25) is 9.59 Å². The van der Waals surface area contributed by atoms with Gasteiger partial charge < -0.3 is 19.7 Å². The predicted octanol–water partition coefficient (Wildman–Crippen LogP) is 3.99. The molecule has 0 atom stereocenters. The summed E-state index contributed by atoms with van der Waals surface area (Å²) in [6.45, 7) is 8.24. The summed E-state index contributed by atoms with van der Waals surface area (Å²) < 4.78 is 11.0. The third-order valence-electron chi connectivity index (χ3n) is 4.68. The van der Waals surface area contributed by atoms with Crippen LogP contribution in [-0.2, 0) is 9.59 Å². The Morgan fingerprint density at radius 2 is 1.83 bits per heavy atom. The molecule has 1 N–H and O–H groups in total. The monoisotopic (exact) mass is 398 g/mol. The first-order valence-electron chi connectivity index (χ1n) is 9.79. The molecule has 0 radical (unpaired) electrons. The van der Waals surface area contributed by atoms with Crippen molar-refractivity contribution >= 4 is 17.5 Å². The van der Waals surface area contributed by atoms with Crippen molar-refractivity contribution in [3.05, 3.63) is 53.6 Å². The summed E-state index contributed by atoms with van der Waals surface area (Å²) in [5, 5.41) is 2.79. The fourth-order valence-corrected chi connectivity index (χ4v) is 2.85. The molecule has 0 unspecified atom stereocenters. The van der Waals surface area contributed by atoms with Crippen LogP contribution in [0.25, 0.3) is 0 Å². The fourth-order valence-electron chi connectivity index (χ4n) is 2.85. The maximum Gasteiger partial charge on any atom is 0.260 e. The van der Waals surface area contributed by atoms with Crippen molar-refractivity contribution in [2.75, 3.05) is 32.1 Å². The lowest BCUT2D eigenvalue weighted by Gasteiger charge is -2.21. The average molecular weight is 399 g/mol. The molecule has 6 nitrogen and oxygen atoms in total. The van der Waals surface area contributed by atoms with Crippen molar-refractivity contribution in [1.29, 1.82) is 0 Å². The van der Waals surface area contributed by atoms with Crippen LogP contribution in [0.5, 0.6) is 11.5 Å². The second-order valence-electron chi connectivity index (χ2n) is 7.12. The first kappa shape index (κ1) is 22.3. The van der Waals surface area contributed by atoms with Crippen molar-refractivity contribution < 1.29 is 19.1 Å². The van der Waals surface area contributed by atoms with E-state index in [9.17, 15) is 9.59 Å². The van der Waals surface area contributed by atoms with Crippen molar-refractivity contribution in [3.63, 3.8) is 0 Å². The zero-order valence-corrected chi connectivity index (χ0v) is 17.8. The van der Waals surface area contributed by atoms with Gasteiger partial charge in [0.05, 0.1) is 19.3 Å². The van der Waals surface area contributed by atoms with Crippen LogP contribution in [-0.4, -0.2) is 43.5 Å². The van der Waals surface area contributed by atoms with Gasteiger partial charge in [-0.2, -0.15) is 0 Å². The van der Waals surface area contributed by atoms with E-state index in [0.717, 1.165) is 11.1 Å². The SMILES string of the molecule is CCN(CC(=O)Nc1ccccc1OC)C(=O)COc1cc(C(C)C)ccc1C. The highest BCUT2D eigenvalue weighted by atomic mass is 16.5. The maximum absolute atomic E-state index is 12.6. The highest BCUT2D eigenvalue weighted by molar-refractivity contribution is 5.95. The molecule has 0 bridgehead atoms. The summed E-state index contributed by atoms with van der Waals surface area (Å²) in [4.78, 5) is 26.5. The third-order valence-corrected chi connectivity index (χ3v) is 4.68. The molecule has 0 aromatic heterocycles. The van der Waals surface area contributed by atoms with E-state index in [1.165, 1.54) is 4.90 Å². The van der Waals surface area contributed by atoms with E-state index in [-0.39, 0.29) is 25.0 Å². The number of methoxy groups -OCH3 is 1. The Bertz CT molecular complexity index is 849. The molecule has 2 aromatic rings. The van der Waals surface area contributed by atoms with Gasteiger partial charge in [0.2, 0.25) is 5.91 Å². The first-order valence-corrected chi connectivity index (χ1v) is 9.79. The largest absolute Gasteiger partial charge is 0.495 e.